The van der Waals surface area contributed by atoms with Gasteiger partial charge in [0.05, 0.1) is 0 Å². The summed E-state index contributed by atoms with van der Waals surface area (Å²) in [6.07, 6.45) is 6.97. The molecule has 0 atom stereocenters. The molecule has 1 aliphatic carbocycles. The summed E-state index contributed by atoms with van der Waals surface area (Å²) in [7, 11) is 0. The van der Waals surface area contributed by atoms with Crippen molar-refractivity contribution < 1.29 is 4.52 Å². The maximum Gasteiger partial charge on any atom is 0.226 e. The summed E-state index contributed by atoms with van der Waals surface area (Å²) in [6, 6.07) is 0.544. The molecule has 1 aromatic heterocycles. The Bertz CT molecular complexity index is 367. The van der Waals surface area contributed by atoms with Gasteiger partial charge < -0.3 is 9.84 Å². The summed E-state index contributed by atoms with van der Waals surface area (Å²) >= 11 is 0. The Morgan fingerprint density at radius 1 is 1.26 bits per heavy atom. The van der Waals surface area contributed by atoms with Crippen LogP contribution in [0.1, 0.15) is 70.5 Å². The van der Waals surface area contributed by atoms with E-state index in [0.717, 1.165) is 37.0 Å². The van der Waals surface area contributed by atoms with E-state index in [1.807, 2.05) is 0 Å². The highest BCUT2D eigenvalue weighted by atomic mass is 16.5. The van der Waals surface area contributed by atoms with Crippen molar-refractivity contribution in [1.82, 2.24) is 15.5 Å². The van der Waals surface area contributed by atoms with Gasteiger partial charge in [0.1, 0.15) is 0 Å². The van der Waals surface area contributed by atoms with Gasteiger partial charge in [0, 0.05) is 18.4 Å². The Balaban J connectivity index is 1.75. The molecular formula is C15H27N3O. The number of aromatic nitrogens is 2. The highest BCUT2D eigenvalue weighted by Crippen LogP contribution is 2.34. The molecule has 2 rings (SSSR count). The summed E-state index contributed by atoms with van der Waals surface area (Å²) in [5.41, 5.74) is 0. The largest absolute Gasteiger partial charge is 0.339 e. The molecule has 19 heavy (non-hydrogen) atoms. The minimum absolute atomic E-state index is 0.530. The van der Waals surface area contributed by atoms with Crippen LogP contribution < -0.4 is 5.32 Å². The van der Waals surface area contributed by atoms with Crippen LogP contribution in [0.5, 0.6) is 0 Å². The Kier molecular flexibility index (Phi) is 5.37. The average molecular weight is 265 g/mol. The molecule has 0 saturated heterocycles. The normalized spacial score (nSPS) is 24.0. The van der Waals surface area contributed by atoms with Crippen LogP contribution in [0.2, 0.25) is 0 Å². The van der Waals surface area contributed by atoms with Crippen molar-refractivity contribution >= 4 is 0 Å². The first-order valence-electron chi connectivity index (χ1n) is 7.71. The minimum atomic E-state index is 0.530. The van der Waals surface area contributed by atoms with Crippen LogP contribution in [0.25, 0.3) is 0 Å². The van der Waals surface area contributed by atoms with Crippen LogP contribution in [0.3, 0.4) is 0 Å². The molecular weight excluding hydrogens is 238 g/mol. The molecule has 0 radical (unpaired) electrons. The fourth-order valence-corrected chi connectivity index (χ4v) is 2.68. The lowest BCUT2D eigenvalue weighted by Gasteiger charge is -2.23. The second kappa shape index (κ2) is 7.04. The molecule has 1 fully saturated rings. The second-order valence-electron chi connectivity index (χ2n) is 6.22. The van der Waals surface area contributed by atoms with Crippen molar-refractivity contribution in [3.8, 4) is 0 Å². The molecule has 1 aromatic rings. The van der Waals surface area contributed by atoms with E-state index in [0.29, 0.717) is 12.0 Å². The standard InChI is InChI=1S/C15H27N3O/c1-11(2)16-10-4-5-14-17-15(18-19-14)13-8-6-12(3)7-9-13/h11-13,16H,4-10H2,1-3H3. The quantitative estimate of drug-likeness (QED) is 0.802. The van der Waals surface area contributed by atoms with Crippen molar-refractivity contribution in [1.29, 1.82) is 0 Å². The molecule has 0 bridgehead atoms. The minimum Gasteiger partial charge on any atom is -0.339 e. The third kappa shape index (κ3) is 4.60. The van der Waals surface area contributed by atoms with Crippen molar-refractivity contribution in [2.24, 2.45) is 5.92 Å². The van der Waals surface area contributed by atoms with E-state index in [4.69, 9.17) is 4.52 Å². The van der Waals surface area contributed by atoms with Gasteiger partial charge in [0.15, 0.2) is 5.82 Å². The summed E-state index contributed by atoms with van der Waals surface area (Å²) < 4.78 is 5.36. The van der Waals surface area contributed by atoms with Gasteiger partial charge >= 0.3 is 0 Å². The van der Waals surface area contributed by atoms with Gasteiger partial charge in [0.2, 0.25) is 5.89 Å². The first kappa shape index (κ1) is 14.5. The number of rotatable bonds is 6. The summed E-state index contributed by atoms with van der Waals surface area (Å²) in [5.74, 6) is 3.14. The molecule has 1 N–H and O–H groups in total. The van der Waals surface area contributed by atoms with E-state index in [2.05, 4.69) is 36.2 Å². The third-order valence-corrected chi connectivity index (χ3v) is 3.98. The van der Waals surface area contributed by atoms with Gasteiger partial charge in [-0.3, -0.25) is 0 Å². The molecule has 0 unspecified atom stereocenters. The number of aryl methyl sites for hydroxylation is 1. The smallest absolute Gasteiger partial charge is 0.226 e. The number of hydrogen-bond donors (Lipinski definition) is 1. The predicted octanol–water partition coefficient (Wildman–Crippen LogP) is 3.29. The Morgan fingerprint density at radius 2 is 2.00 bits per heavy atom. The van der Waals surface area contributed by atoms with Gasteiger partial charge in [-0.05, 0) is 31.7 Å². The van der Waals surface area contributed by atoms with E-state index >= 15 is 0 Å². The fraction of sp³-hybridized carbons (Fsp3) is 0.867. The zero-order valence-electron chi connectivity index (χ0n) is 12.5. The number of nitrogens with zero attached hydrogens (tertiary/aromatic N) is 2. The maximum absolute atomic E-state index is 5.36. The highest BCUT2D eigenvalue weighted by molar-refractivity contribution is 4.97. The Labute approximate surface area is 116 Å². The number of nitrogens with one attached hydrogen (secondary N) is 1. The first-order chi connectivity index (χ1) is 9.15. The van der Waals surface area contributed by atoms with Crippen LogP contribution in [0, 0.1) is 5.92 Å². The van der Waals surface area contributed by atoms with Crippen LogP contribution in [0.4, 0.5) is 0 Å². The van der Waals surface area contributed by atoms with Gasteiger partial charge in [-0.1, -0.05) is 38.8 Å². The van der Waals surface area contributed by atoms with E-state index in [-0.39, 0.29) is 0 Å². The SMILES string of the molecule is CC1CCC(c2noc(CCCNC(C)C)n2)CC1. The lowest BCUT2D eigenvalue weighted by Crippen LogP contribution is -2.23. The Morgan fingerprint density at radius 3 is 2.68 bits per heavy atom. The second-order valence-corrected chi connectivity index (χ2v) is 6.22. The molecule has 0 amide bonds. The topological polar surface area (TPSA) is 51.0 Å². The lowest BCUT2D eigenvalue weighted by molar-refractivity contribution is 0.323. The summed E-state index contributed by atoms with van der Waals surface area (Å²) in [6.45, 7) is 7.67. The molecule has 1 heterocycles. The van der Waals surface area contributed by atoms with Gasteiger partial charge in [-0.25, -0.2) is 0 Å². The van der Waals surface area contributed by atoms with Crippen LogP contribution in [-0.4, -0.2) is 22.7 Å². The first-order valence-corrected chi connectivity index (χ1v) is 7.71. The zero-order valence-corrected chi connectivity index (χ0v) is 12.5. The van der Waals surface area contributed by atoms with E-state index in [9.17, 15) is 0 Å². The fourth-order valence-electron chi connectivity index (χ4n) is 2.68. The molecule has 108 valence electrons. The molecule has 0 aromatic carbocycles. The van der Waals surface area contributed by atoms with Crippen LogP contribution >= 0.6 is 0 Å². The zero-order chi connectivity index (χ0) is 13.7. The number of hydrogen-bond acceptors (Lipinski definition) is 4. The molecule has 4 nitrogen and oxygen atoms in total. The van der Waals surface area contributed by atoms with Gasteiger partial charge in [-0.2, -0.15) is 4.98 Å². The van der Waals surface area contributed by atoms with Gasteiger partial charge in [0.25, 0.3) is 0 Å². The molecule has 0 spiro atoms. The van der Waals surface area contributed by atoms with Crippen molar-refractivity contribution in [2.45, 2.75) is 71.3 Å². The molecule has 1 saturated carbocycles. The molecule has 4 heteroatoms. The Hall–Kier alpha value is -0.900. The van der Waals surface area contributed by atoms with E-state index in [1.54, 1.807) is 0 Å². The third-order valence-electron chi connectivity index (χ3n) is 3.98. The van der Waals surface area contributed by atoms with Crippen LogP contribution in [-0.2, 0) is 6.42 Å². The average Bonchev–Trinajstić information content (AvgIpc) is 2.84. The van der Waals surface area contributed by atoms with Crippen LogP contribution in [0.15, 0.2) is 4.52 Å². The monoisotopic (exact) mass is 265 g/mol. The predicted molar refractivity (Wildman–Crippen MR) is 76.1 cm³/mol. The van der Waals surface area contributed by atoms with Crippen molar-refractivity contribution in [2.75, 3.05) is 6.54 Å². The summed E-state index contributed by atoms with van der Waals surface area (Å²) in [5, 5.41) is 7.57. The van der Waals surface area contributed by atoms with E-state index < -0.39 is 0 Å². The molecule has 0 aliphatic heterocycles. The molecule has 1 aliphatic rings. The highest BCUT2D eigenvalue weighted by Gasteiger charge is 2.23. The van der Waals surface area contributed by atoms with Crippen molar-refractivity contribution in [3.05, 3.63) is 11.7 Å². The van der Waals surface area contributed by atoms with E-state index in [1.165, 1.54) is 25.7 Å². The lowest BCUT2D eigenvalue weighted by atomic mass is 9.83. The maximum atomic E-state index is 5.36. The van der Waals surface area contributed by atoms with Gasteiger partial charge in [-0.15, -0.1) is 0 Å². The summed E-state index contributed by atoms with van der Waals surface area (Å²) in [4.78, 5) is 4.57. The van der Waals surface area contributed by atoms with Crippen molar-refractivity contribution in [3.63, 3.8) is 0 Å².